The lowest BCUT2D eigenvalue weighted by Crippen LogP contribution is -2.17. The quantitative estimate of drug-likeness (QED) is 0.872. The molecule has 0 heterocycles. The van der Waals surface area contributed by atoms with Crippen LogP contribution in [0.1, 0.15) is 12.0 Å². The van der Waals surface area contributed by atoms with E-state index in [0.29, 0.717) is 17.7 Å². The number of benzene rings is 1. The molecule has 0 spiro atoms. The van der Waals surface area contributed by atoms with E-state index in [9.17, 15) is 14.0 Å². The summed E-state index contributed by atoms with van der Waals surface area (Å²) in [6.45, 7) is 1.71. The van der Waals surface area contributed by atoms with Gasteiger partial charge >= 0.3 is 5.97 Å². The first-order valence-corrected chi connectivity index (χ1v) is 5.82. The van der Waals surface area contributed by atoms with E-state index in [2.05, 4.69) is 5.32 Å². The predicted molar refractivity (Wildman–Crippen MR) is 65.6 cm³/mol. The second-order valence-electron chi connectivity index (χ2n) is 4.58. The number of anilines is 1. The third-order valence-electron chi connectivity index (χ3n) is 3.20. The summed E-state index contributed by atoms with van der Waals surface area (Å²) in [5.41, 5.74) is 0.985. The second kappa shape index (κ2) is 4.87. The molecular weight excluding hydrogens is 253 g/mol. The third kappa shape index (κ3) is 2.67. The monoisotopic (exact) mass is 267 g/mol. The summed E-state index contributed by atoms with van der Waals surface area (Å²) in [6.07, 6.45) is 0.332. The van der Waals surface area contributed by atoms with Crippen molar-refractivity contribution in [2.45, 2.75) is 13.3 Å². The van der Waals surface area contributed by atoms with Gasteiger partial charge in [-0.05, 0) is 25.0 Å². The SMILES string of the molecule is COc1cc(C)c(NC(=O)C2CC2C(=O)O)cc1F. The van der Waals surface area contributed by atoms with Gasteiger partial charge in [-0.25, -0.2) is 4.39 Å². The van der Waals surface area contributed by atoms with E-state index in [4.69, 9.17) is 9.84 Å². The highest BCUT2D eigenvalue weighted by molar-refractivity contribution is 5.98. The van der Waals surface area contributed by atoms with Gasteiger partial charge in [0.25, 0.3) is 0 Å². The van der Waals surface area contributed by atoms with E-state index >= 15 is 0 Å². The fourth-order valence-corrected chi connectivity index (χ4v) is 1.93. The molecule has 1 aliphatic carbocycles. The summed E-state index contributed by atoms with van der Waals surface area (Å²) in [6, 6.07) is 2.65. The van der Waals surface area contributed by atoms with Crippen LogP contribution >= 0.6 is 0 Å². The van der Waals surface area contributed by atoms with Crippen LogP contribution in [0.15, 0.2) is 12.1 Å². The summed E-state index contributed by atoms with van der Waals surface area (Å²) >= 11 is 0. The average molecular weight is 267 g/mol. The minimum absolute atomic E-state index is 0.102. The molecule has 0 saturated heterocycles. The van der Waals surface area contributed by atoms with Gasteiger partial charge in [-0.3, -0.25) is 9.59 Å². The van der Waals surface area contributed by atoms with E-state index in [0.717, 1.165) is 0 Å². The molecule has 0 aromatic heterocycles. The van der Waals surface area contributed by atoms with Crippen LogP contribution in [-0.2, 0) is 9.59 Å². The first kappa shape index (κ1) is 13.3. The van der Waals surface area contributed by atoms with Gasteiger partial charge in [-0.15, -0.1) is 0 Å². The molecule has 1 amide bonds. The molecule has 2 N–H and O–H groups in total. The van der Waals surface area contributed by atoms with E-state index in [-0.39, 0.29) is 11.7 Å². The van der Waals surface area contributed by atoms with Gasteiger partial charge in [-0.1, -0.05) is 0 Å². The standard InChI is InChI=1S/C13H14FNO4/c1-6-3-11(19-2)9(14)5-10(6)15-12(16)7-4-8(7)13(17)18/h3,5,7-8H,4H2,1-2H3,(H,15,16)(H,17,18). The van der Waals surface area contributed by atoms with E-state index < -0.39 is 23.6 Å². The van der Waals surface area contributed by atoms with E-state index in [1.54, 1.807) is 6.92 Å². The van der Waals surface area contributed by atoms with Gasteiger partial charge in [0.2, 0.25) is 5.91 Å². The molecule has 0 aliphatic heterocycles. The molecule has 2 unspecified atom stereocenters. The van der Waals surface area contributed by atoms with Crippen molar-refractivity contribution >= 4 is 17.6 Å². The first-order valence-electron chi connectivity index (χ1n) is 5.82. The summed E-state index contributed by atoms with van der Waals surface area (Å²) in [7, 11) is 1.36. The number of methoxy groups -OCH3 is 1. The van der Waals surface area contributed by atoms with Crippen molar-refractivity contribution in [3.63, 3.8) is 0 Å². The number of hydrogen-bond acceptors (Lipinski definition) is 3. The molecule has 2 atom stereocenters. The molecule has 5 nitrogen and oxygen atoms in total. The zero-order chi connectivity index (χ0) is 14.2. The number of nitrogens with one attached hydrogen (secondary N) is 1. The molecular formula is C13H14FNO4. The number of carbonyl (C=O) groups excluding carboxylic acids is 1. The van der Waals surface area contributed by atoms with Crippen LogP contribution in [0.4, 0.5) is 10.1 Å². The molecule has 1 aliphatic rings. The molecule has 19 heavy (non-hydrogen) atoms. The lowest BCUT2D eigenvalue weighted by atomic mass is 10.1. The molecule has 2 rings (SSSR count). The normalized spacial score (nSPS) is 20.8. The zero-order valence-electron chi connectivity index (χ0n) is 10.6. The fourth-order valence-electron chi connectivity index (χ4n) is 1.93. The molecule has 0 bridgehead atoms. The highest BCUT2D eigenvalue weighted by atomic mass is 19.1. The van der Waals surface area contributed by atoms with Gasteiger partial charge in [0.15, 0.2) is 11.6 Å². The Morgan fingerprint density at radius 3 is 2.63 bits per heavy atom. The highest BCUT2D eigenvalue weighted by Crippen LogP contribution is 2.39. The van der Waals surface area contributed by atoms with Crippen molar-refractivity contribution in [1.82, 2.24) is 0 Å². The molecule has 6 heteroatoms. The molecule has 1 fully saturated rings. The number of hydrogen-bond donors (Lipinski definition) is 2. The number of rotatable bonds is 4. The predicted octanol–water partition coefficient (Wildman–Crippen LogP) is 1.80. The zero-order valence-corrected chi connectivity index (χ0v) is 10.6. The highest BCUT2D eigenvalue weighted by Gasteiger charge is 2.48. The smallest absolute Gasteiger partial charge is 0.307 e. The van der Waals surface area contributed by atoms with Gasteiger partial charge in [-0.2, -0.15) is 0 Å². The van der Waals surface area contributed by atoms with Crippen LogP contribution in [-0.4, -0.2) is 24.1 Å². The number of halogens is 1. The van der Waals surface area contributed by atoms with Gasteiger partial charge < -0.3 is 15.2 Å². The van der Waals surface area contributed by atoms with Crippen molar-refractivity contribution in [3.05, 3.63) is 23.5 Å². The lowest BCUT2D eigenvalue weighted by molar-refractivity contribution is -0.139. The van der Waals surface area contributed by atoms with Crippen LogP contribution in [0.5, 0.6) is 5.75 Å². The third-order valence-corrected chi connectivity index (χ3v) is 3.20. The maximum absolute atomic E-state index is 13.5. The Morgan fingerprint density at radius 2 is 2.11 bits per heavy atom. The fraction of sp³-hybridized carbons (Fsp3) is 0.385. The molecule has 0 radical (unpaired) electrons. The minimum Gasteiger partial charge on any atom is -0.494 e. The number of carboxylic acids is 1. The van der Waals surface area contributed by atoms with E-state index in [1.165, 1.54) is 19.2 Å². The second-order valence-corrected chi connectivity index (χ2v) is 4.58. The summed E-state index contributed by atoms with van der Waals surface area (Å²) in [4.78, 5) is 22.5. The Bertz CT molecular complexity index is 544. The Hall–Kier alpha value is -2.11. The summed E-state index contributed by atoms with van der Waals surface area (Å²) < 4.78 is 18.4. The number of aryl methyl sites for hydroxylation is 1. The Balaban J connectivity index is 2.10. The first-order chi connectivity index (χ1) is 8.93. The minimum atomic E-state index is -0.974. The largest absolute Gasteiger partial charge is 0.494 e. The van der Waals surface area contributed by atoms with Crippen molar-refractivity contribution in [3.8, 4) is 5.75 Å². The molecule has 1 aromatic carbocycles. The topological polar surface area (TPSA) is 75.6 Å². The number of ether oxygens (including phenoxy) is 1. The average Bonchev–Trinajstić information content (AvgIpc) is 3.13. The Kier molecular flexibility index (Phi) is 3.42. The Labute approximate surface area is 109 Å². The summed E-state index contributed by atoms with van der Waals surface area (Å²) in [5, 5.41) is 11.3. The van der Waals surface area contributed by atoms with Crippen LogP contribution in [0.2, 0.25) is 0 Å². The van der Waals surface area contributed by atoms with Crippen LogP contribution in [0.3, 0.4) is 0 Å². The Morgan fingerprint density at radius 1 is 1.42 bits per heavy atom. The number of carboxylic acid groups (broad SMARTS) is 1. The number of carbonyl (C=O) groups is 2. The van der Waals surface area contributed by atoms with Gasteiger partial charge in [0, 0.05) is 11.8 Å². The number of aliphatic carboxylic acids is 1. The van der Waals surface area contributed by atoms with Crippen molar-refractivity contribution in [1.29, 1.82) is 0 Å². The van der Waals surface area contributed by atoms with Crippen molar-refractivity contribution < 1.29 is 23.8 Å². The molecule has 102 valence electrons. The van der Waals surface area contributed by atoms with Gasteiger partial charge in [0.05, 0.1) is 18.9 Å². The van der Waals surface area contributed by atoms with E-state index in [1.807, 2.05) is 0 Å². The van der Waals surface area contributed by atoms with Crippen LogP contribution in [0.25, 0.3) is 0 Å². The van der Waals surface area contributed by atoms with Crippen LogP contribution in [0, 0.1) is 24.6 Å². The lowest BCUT2D eigenvalue weighted by Gasteiger charge is -2.10. The maximum atomic E-state index is 13.5. The number of amides is 1. The summed E-state index contributed by atoms with van der Waals surface area (Å²) in [5.74, 6) is -2.98. The maximum Gasteiger partial charge on any atom is 0.307 e. The van der Waals surface area contributed by atoms with Crippen molar-refractivity contribution in [2.24, 2.45) is 11.8 Å². The van der Waals surface area contributed by atoms with Crippen molar-refractivity contribution in [2.75, 3.05) is 12.4 Å². The van der Waals surface area contributed by atoms with Crippen LogP contribution < -0.4 is 10.1 Å². The molecule has 1 aromatic rings. The molecule has 1 saturated carbocycles. The van der Waals surface area contributed by atoms with Gasteiger partial charge in [0.1, 0.15) is 0 Å².